The van der Waals surface area contributed by atoms with Gasteiger partial charge in [0.2, 0.25) is 0 Å². The van der Waals surface area contributed by atoms with E-state index in [0.717, 1.165) is 0 Å². The van der Waals surface area contributed by atoms with Crippen LogP contribution in [-0.2, 0) is 0 Å². The number of azo groups is 1. The Morgan fingerprint density at radius 2 is 1.82 bits per heavy atom. The van der Waals surface area contributed by atoms with Gasteiger partial charge >= 0.3 is 0 Å². The highest BCUT2D eigenvalue weighted by molar-refractivity contribution is 5.65. The van der Waals surface area contributed by atoms with E-state index in [2.05, 4.69) is 40.2 Å². The number of hydrogen-bond acceptors (Lipinski definition) is 8. The van der Waals surface area contributed by atoms with E-state index in [1.54, 1.807) is 43.7 Å². The van der Waals surface area contributed by atoms with Gasteiger partial charge < -0.3 is 5.73 Å². The first-order chi connectivity index (χ1) is 13.7. The lowest BCUT2D eigenvalue weighted by Gasteiger charge is -2.02. The number of pyridine rings is 1. The highest BCUT2D eigenvalue weighted by atomic mass is 15.4. The molecule has 11 nitrogen and oxygen atoms in total. The number of nitrogens with two attached hydrogens (primary N) is 1. The van der Waals surface area contributed by atoms with Crippen LogP contribution in [0.15, 0.2) is 59.3 Å². The predicted molar refractivity (Wildman–Crippen MR) is 100 cm³/mol. The van der Waals surface area contributed by atoms with E-state index >= 15 is 0 Å². The number of aromatic nitrogens is 7. The Morgan fingerprint density at radius 3 is 2.54 bits per heavy atom. The third kappa shape index (κ3) is 2.95. The van der Waals surface area contributed by atoms with Gasteiger partial charge in [-0.1, -0.05) is 6.07 Å². The van der Waals surface area contributed by atoms with Crippen LogP contribution in [0.2, 0.25) is 0 Å². The molecule has 11 heteroatoms. The molecule has 0 spiro atoms. The maximum atomic E-state index is 7.32. The normalized spacial score (nSPS) is 11.0. The summed E-state index contributed by atoms with van der Waals surface area (Å²) in [4.78, 5) is 15.9. The van der Waals surface area contributed by atoms with Crippen molar-refractivity contribution in [3.05, 3.63) is 66.2 Å². The van der Waals surface area contributed by atoms with Crippen molar-refractivity contribution in [2.75, 3.05) is 5.73 Å². The fraction of sp³-hybridized carbons (Fsp3) is 0.0588. The average Bonchev–Trinajstić information content (AvgIpc) is 3.28. The molecule has 0 aliphatic heterocycles. The zero-order chi connectivity index (χ0) is 19.5. The maximum Gasteiger partial charge on any atom is 0.252 e. The van der Waals surface area contributed by atoms with Gasteiger partial charge in [-0.3, -0.25) is 0 Å². The molecular formula is C17H13N11. The summed E-state index contributed by atoms with van der Waals surface area (Å²) in [6.07, 6.45) is 6.17. The molecule has 0 aliphatic rings. The van der Waals surface area contributed by atoms with Gasteiger partial charge in [0.1, 0.15) is 0 Å². The largest absolute Gasteiger partial charge is 0.382 e. The molecule has 4 aromatic rings. The fourth-order valence-electron chi connectivity index (χ4n) is 2.46. The lowest BCUT2D eigenvalue weighted by Crippen LogP contribution is -2.03. The molecular weight excluding hydrogens is 358 g/mol. The van der Waals surface area contributed by atoms with Crippen LogP contribution in [0.25, 0.3) is 16.6 Å². The van der Waals surface area contributed by atoms with Crippen molar-refractivity contribution in [2.45, 2.75) is 6.92 Å². The summed E-state index contributed by atoms with van der Waals surface area (Å²) < 4.78 is 2.82. The van der Waals surface area contributed by atoms with Crippen molar-refractivity contribution >= 4 is 23.0 Å². The Hall–Kier alpha value is -4.46. The van der Waals surface area contributed by atoms with E-state index in [1.165, 1.54) is 15.6 Å². The number of hydrogen-bond donors (Lipinski definition) is 1. The first kappa shape index (κ1) is 17.0. The van der Waals surface area contributed by atoms with Crippen LogP contribution in [0.1, 0.15) is 5.69 Å². The molecule has 0 fully saturated rings. The van der Waals surface area contributed by atoms with Gasteiger partial charge in [-0.2, -0.15) is 19.6 Å². The van der Waals surface area contributed by atoms with Gasteiger partial charge in [-0.15, -0.1) is 10.2 Å². The molecule has 0 saturated carbocycles. The van der Waals surface area contributed by atoms with Crippen LogP contribution in [-0.4, -0.2) is 34.5 Å². The molecule has 0 bridgehead atoms. The van der Waals surface area contributed by atoms with Crippen LogP contribution in [0.3, 0.4) is 0 Å². The minimum Gasteiger partial charge on any atom is -0.382 e. The highest BCUT2D eigenvalue weighted by Gasteiger charge is 2.17. The zero-order valence-corrected chi connectivity index (χ0v) is 14.7. The summed E-state index contributed by atoms with van der Waals surface area (Å²) in [5.74, 6) is 1.33. The molecule has 4 heterocycles. The Kier molecular flexibility index (Phi) is 4.27. The zero-order valence-electron chi connectivity index (χ0n) is 14.7. The van der Waals surface area contributed by atoms with E-state index in [9.17, 15) is 0 Å². The van der Waals surface area contributed by atoms with Crippen molar-refractivity contribution in [3.63, 3.8) is 0 Å². The number of nitrogen functional groups attached to an aromatic ring is 1. The highest BCUT2D eigenvalue weighted by Crippen LogP contribution is 2.34. The summed E-state index contributed by atoms with van der Waals surface area (Å²) in [6.45, 7) is 9.09. The van der Waals surface area contributed by atoms with Gasteiger partial charge in [0.25, 0.3) is 11.6 Å². The molecule has 4 rings (SSSR count). The van der Waals surface area contributed by atoms with Gasteiger partial charge in [-0.25, -0.2) is 19.8 Å². The molecule has 28 heavy (non-hydrogen) atoms. The molecule has 0 unspecified atom stereocenters. The summed E-state index contributed by atoms with van der Waals surface area (Å²) >= 11 is 0. The van der Waals surface area contributed by atoms with Crippen LogP contribution in [0.4, 0.5) is 23.0 Å². The monoisotopic (exact) mass is 371 g/mol. The lowest BCUT2D eigenvalue weighted by atomic mass is 10.4. The maximum absolute atomic E-state index is 7.32. The van der Waals surface area contributed by atoms with Crippen molar-refractivity contribution in [2.24, 2.45) is 10.2 Å². The van der Waals surface area contributed by atoms with E-state index in [0.29, 0.717) is 17.2 Å². The van der Waals surface area contributed by atoms with Crippen LogP contribution in [0, 0.1) is 13.5 Å². The standard InChI is InChI=1S/C17H13N11/c1-11-14(15(18)27(26-11)13-6-3-4-7-20-13)24-25-16-12(19-2)10-23-28(16)17-21-8-5-9-22-17/h3-10H,18H2,1H3/b25-24+. The van der Waals surface area contributed by atoms with E-state index in [1.807, 2.05) is 6.07 Å². The fourth-order valence-corrected chi connectivity index (χ4v) is 2.46. The van der Waals surface area contributed by atoms with Crippen LogP contribution >= 0.6 is 0 Å². The molecule has 136 valence electrons. The molecule has 0 aliphatic carbocycles. The molecule has 0 atom stereocenters. The first-order valence-electron chi connectivity index (χ1n) is 8.10. The van der Waals surface area contributed by atoms with Gasteiger partial charge in [0, 0.05) is 18.6 Å². The number of nitrogens with zero attached hydrogens (tertiary/aromatic N) is 10. The molecule has 0 saturated heterocycles. The van der Waals surface area contributed by atoms with Crippen molar-refractivity contribution in [1.29, 1.82) is 0 Å². The predicted octanol–water partition coefficient (Wildman–Crippen LogP) is 3.10. The first-order valence-corrected chi connectivity index (χ1v) is 8.10. The third-order valence-electron chi connectivity index (χ3n) is 3.76. The Labute approximate surface area is 159 Å². The van der Waals surface area contributed by atoms with Gasteiger partial charge in [0.05, 0.1) is 18.5 Å². The summed E-state index contributed by atoms with van der Waals surface area (Å²) in [6, 6.07) is 7.10. The lowest BCUT2D eigenvalue weighted by molar-refractivity contribution is 0.803. The minimum absolute atomic E-state index is 0.200. The molecule has 0 radical (unpaired) electrons. The second-order valence-corrected chi connectivity index (χ2v) is 5.54. The topological polar surface area (TPSA) is 129 Å². The number of rotatable bonds is 4. The molecule has 0 aromatic carbocycles. The van der Waals surface area contributed by atoms with Crippen molar-refractivity contribution in [1.82, 2.24) is 34.5 Å². The molecule has 2 N–H and O–H groups in total. The molecule has 4 aromatic heterocycles. The van der Waals surface area contributed by atoms with Gasteiger partial charge in [-0.05, 0) is 25.1 Å². The molecule has 0 amide bonds. The number of anilines is 1. The summed E-state index contributed by atoms with van der Waals surface area (Å²) in [7, 11) is 0. The van der Waals surface area contributed by atoms with Crippen LogP contribution in [0.5, 0.6) is 0 Å². The Morgan fingerprint density at radius 1 is 1.04 bits per heavy atom. The SMILES string of the molecule is [C-]#[N+]c1cnn(-c2ncccn2)c1/N=N/c1c(C)nn(-c2ccccn2)c1N. The third-order valence-corrected chi connectivity index (χ3v) is 3.76. The smallest absolute Gasteiger partial charge is 0.252 e. The van der Waals surface area contributed by atoms with E-state index in [-0.39, 0.29) is 23.3 Å². The summed E-state index contributed by atoms with van der Waals surface area (Å²) in [5, 5.41) is 16.9. The summed E-state index contributed by atoms with van der Waals surface area (Å²) in [5.41, 5.74) is 7.35. The Balaban J connectivity index is 1.76. The van der Waals surface area contributed by atoms with Gasteiger partial charge in [0.15, 0.2) is 23.1 Å². The second kappa shape index (κ2) is 7.04. The second-order valence-electron chi connectivity index (χ2n) is 5.54. The average molecular weight is 371 g/mol. The Bertz CT molecular complexity index is 1180. The minimum atomic E-state index is 0.200. The quantitative estimate of drug-likeness (QED) is 0.433. The number of aryl methyl sites for hydroxylation is 1. The van der Waals surface area contributed by atoms with Crippen molar-refractivity contribution < 1.29 is 0 Å². The van der Waals surface area contributed by atoms with Crippen LogP contribution < -0.4 is 5.73 Å². The van der Waals surface area contributed by atoms with Crippen molar-refractivity contribution in [3.8, 4) is 11.8 Å². The van der Waals surface area contributed by atoms with E-state index < -0.39 is 0 Å². The van der Waals surface area contributed by atoms with E-state index in [4.69, 9.17) is 12.3 Å².